The Morgan fingerprint density at radius 1 is 1.43 bits per heavy atom. The molecule has 0 saturated carbocycles. The van der Waals surface area contributed by atoms with Crippen LogP contribution in [0.5, 0.6) is 0 Å². The summed E-state index contributed by atoms with van der Waals surface area (Å²) in [7, 11) is 0. The van der Waals surface area contributed by atoms with Gasteiger partial charge < -0.3 is 0 Å². The molecule has 2 heterocycles. The highest BCUT2D eigenvalue weighted by atomic mass is 79.9. The van der Waals surface area contributed by atoms with Crippen molar-refractivity contribution in [1.82, 2.24) is 9.38 Å². The summed E-state index contributed by atoms with van der Waals surface area (Å²) in [6.45, 7) is 0. The van der Waals surface area contributed by atoms with Crippen LogP contribution in [0.4, 0.5) is 0 Å². The molecule has 0 bridgehead atoms. The number of alkyl halides is 1. The molecule has 0 saturated heterocycles. The number of pyridine rings is 1. The molecule has 2 aromatic rings. The first kappa shape index (κ1) is 9.86. The van der Waals surface area contributed by atoms with Gasteiger partial charge in [0.2, 0.25) is 0 Å². The number of halogens is 2. The van der Waals surface area contributed by atoms with Crippen LogP contribution in [0.25, 0.3) is 5.65 Å². The molecule has 14 heavy (non-hydrogen) atoms. The minimum absolute atomic E-state index is 0.0723. The van der Waals surface area contributed by atoms with Gasteiger partial charge in [0.25, 0.3) is 5.56 Å². The van der Waals surface area contributed by atoms with Gasteiger partial charge in [-0.15, -0.1) is 0 Å². The summed E-state index contributed by atoms with van der Waals surface area (Å²) in [5, 5.41) is 0.589. The normalized spacial score (nSPS) is 10.7. The number of hydrogen-bond acceptors (Lipinski definition) is 2. The maximum Gasteiger partial charge on any atom is 0.259 e. The van der Waals surface area contributed by atoms with Crippen LogP contribution in [-0.4, -0.2) is 9.38 Å². The smallest absolute Gasteiger partial charge is 0.259 e. The minimum Gasteiger partial charge on any atom is -0.269 e. The molecule has 0 spiro atoms. The van der Waals surface area contributed by atoms with E-state index >= 15 is 0 Å². The van der Waals surface area contributed by atoms with Gasteiger partial charge in [0.15, 0.2) is 0 Å². The van der Waals surface area contributed by atoms with Gasteiger partial charge in [0.05, 0.1) is 10.3 Å². The molecule has 0 amide bonds. The molecule has 0 unspecified atom stereocenters. The van der Waals surface area contributed by atoms with E-state index in [4.69, 9.17) is 0 Å². The molecule has 0 aliphatic heterocycles. The van der Waals surface area contributed by atoms with Gasteiger partial charge in [-0.3, -0.25) is 9.20 Å². The summed E-state index contributed by atoms with van der Waals surface area (Å²) in [6, 6.07) is 6.98. The van der Waals surface area contributed by atoms with Gasteiger partial charge in [-0.2, -0.15) is 0 Å². The highest BCUT2D eigenvalue weighted by Gasteiger charge is 2.02. The van der Waals surface area contributed by atoms with E-state index in [9.17, 15) is 4.79 Å². The monoisotopic (exact) mass is 316 g/mol. The van der Waals surface area contributed by atoms with E-state index in [-0.39, 0.29) is 5.56 Å². The minimum atomic E-state index is -0.0723. The summed E-state index contributed by atoms with van der Waals surface area (Å²) >= 11 is 6.58. The van der Waals surface area contributed by atoms with Crippen molar-refractivity contribution in [3.63, 3.8) is 0 Å². The SMILES string of the molecule is O=c1cc(CBr)nc2cccc(Br)n12. The lowest BCUT2D eigenvalue weighted by atomic mass is 10.4. The van der Waals surface area contributed by atoms with Crippen LogP contribution in [-0.2, 0) is 5.33 Å². The van der Waals surface area contributed by atoms with Crippen molar-refractivity contribution in [3.05, 3.63) is 44.9 Å². The van der Waals surface area contributed by atoms with Crippen molar-refractivity contribution in [2.45, 2.75) is 5.33 Å². The molecule has 2 rings (SSSR count). The maximum absolute atomic E-state index is 11.7. The van der Waals surface area contributed by atoms with E-state index < -0.39 is 0 Å². The highest BCUT2D eigenvalue weighted by molar-refractivity contribution is 9.10. The van der Waals surface area contributed by atoms with Gasteiger partial charge in [-0.1, -0.05) is 22.0 Å². The lowest BCUT2D eigenvalue weighted by molar-refractivity contribution is 0.991. The predicted molar refractivity (Wildman–Crippen MR) is 61.8 cm³/mol. The zero-order valence-electron chi connectivity index (χ0n) is 7.08. The third-order valence-electron chi connectivity index (χ3n) is 1.83. The quantitative estimate of drug-likeness (QED) is 0.598. The largest absolute Gasteiger partial charge is 0.269 e. The van der Waals surface area contributed by atoms with Gasteiger partial charge in [-0.05, 0) is 28.1 Å². The van der Waals surface area contributed by atoms with Gasteiger partial charge in [0.1, 0.15) is 5.65 Å². The average Bonchev–Trinajstić information content (AvgIpc) is 2.17. The number of nitrogens with zero attached hydrogens (tertiary/aromatic N) is 2. The van der Waals surface area contributed by atoms with Crippen molar-refractivity contribution in [1.29, 1.82) is 0 Å². The van der Waals surface area contributed by atoms with E-state index in [0.29, 0.717) is 15.6 Å². The molecule has 2 aromatic heterocycles. The Morgan fingerprint density at radius 2 is 2.21 bits per heavy atom. The number of rotatable bonds is 1. The summed E-state index contributed by atoms with van der Waals surface area (Å²) in [5.74, 6) is 0. The summed E-state index contributed by atoms with van der Waals surface area (Å²) < 4.78 is 2.24. The van der Waals surface area contributed by atoms with Gasteiger partial charge in [0, 0.05) is 11.4 Å². The van der Waals surface area contributed by atoms with E-state index in [1.54, 1.807) is 6.07 Å². The molecule has 0 fully saturated rings. The predicted octanol–water partition coefficient (Wildman–Crippen LogP) is 2.35. The number of fused-ring (bicyclic) bond motifs is 1. The van der Waals surface area contributed by atoms with Crippen LogP contribution < -0.4 is 5.56 Å². The summed E-state index contributed by atoms with van der Waals surface area (Å²) in [6.07, 6.45) is 0. The average molecular weight is 318 g/mol. The van der Waals surface area contributed by atoms with Gasteiger partial charge in [-0.25, -0.2) is 4.98 Å². The number of hydrogen-bond donors (Lipinski definition) is 0. The fourth-order valence-electron chi connectivity index (χ4n) is 1.23. The second kappa shape index (κ2) is 3.82. The van der Waals surface area contributed by atoms with Crippen LogP contribution in [0.3, 0.4) is 0 Å². The molecule has 3 nitrogen and oxygen atoms in total. The third-order valence-corrected chi connectivity index (χ3v) is 3.02. The Kier molecular flexibility index (Phi) is 2.69. The molecule has 0 aliphatic carbocycles. The Labute approximate surface area is 97.0 Å². The lowest BCUT2D eigenvalue weighted by Crippen LogP contribution is -2.15. The molecular formula is C9H6Br2N2O. The first-order chi connectivity index (χ1) is 6.72. The topological polar surface area (TPSA) is 34.4 Å². The van der Waals surface area contributed by atoms with Crippen LogP contribution in [0.1, 0.15) is 5.69 Å². The van der Waals surface area contributed by atoms with Crippen molar-refractivity contribution in [3.8, 4) is 0 Å². The first-order valence-electron chi connectivity index (χ1n) is 3.95. The second-order valence-corrected chi connectivity index (χ2v) is 4.13. The Balaban J connectivity index is 2.90. The van der Waals surface area contributed by atoms with E-state index in [1.807, 2.05) is 12.1 Å². The van der Waals surface area contributed by atoms with Gasteiger partial charge >= 0.3 is 0 Å². The fraction of sp³-hybridized carbons (Fsp3) is 0.111. The lowest BCUT2D eigenvalue weighted by Gasteiger charge is -2.03. The fourth-order valence-corrected chi connectivity index (χ4v) is 2.03. The molecule has 0 atom stereocenters. The van der Waals surface area contributed by atoms with E-state index in [0.717, 1.165) is 5.69 Å². The molecule has 72 valence electrons. The van der Waals surface area contributed by atoms with Crippen LogP contribution >= 0.6 is 31.9 Å². The second-order valence-electron chi connectivity index (χ2n) is 2.76. The first-order valence-corrected chi connectivity index (χ1v) is 5.87. The van der Waals surface area contributed by atoms with Crippen LogP contribution in [0.15, 0.2) is 33.7 Å². The molecule has 0 radical (unpaired) electrons. The summed E-state index contributed by atoms with van der Waals surface area (Å²) in [5.41, 5.74) is 1.33. The van der Waals surface area contributed by atoms with Crippen molar-refractivity contribution in [2.24, 2.45) is 0 Å². The molecular weight excluding hydrogens is 312 g/mol. The highest BCUT2D eigenvalue weighted by Crippen LogP contribution is 2.10. The van der Waals surface area contributed by atoms with E-state index in [2.05, 4.69) is 36.8 Å². The standard InChI is InChI=1S/C9H6Br2N2O/c10-5-6-4-9(14)13-7(11)2-1-3-8(13)12-6/h1-4H,5H2. The van der Waals surface area contributed by atoms with E-state index in [1.165, 1.54) is 10.5 Å². The zero-order chi connectivity index (χ0) is 10.1. The Hall–Kier alpha value is -0.680. The molecule has 0 aliphatic rings. The third kappa shape index (κ3) is 1.62. The summed E-state index contributed by atoms with van der Waals surface area (Å²) in [4.78, 5) is 16.0. The van der Waals surface area contributed by atoms with Crippen LogP contribution in [0.2, 0.25) is 0 Å². The number of aromatic nitrogens is 2. The van der Waals surface area contributed by atoms with Crippen molar-refractivity contribution in [2.75, 3.05) is 0 Å². The Morgan fingerprint density at radius 3 is 2.93 bits per heavy atom. The van der Waals surface area contributed by atoms with Crippen molar-refractivity contribution >= 4 is 37.5 Å². The van der Waals surface area contributed by atoms with Crippen molar-refractivity contribution < 1.29 is 0 Å². The molecule has 5 heteroatoms. The van der Waals surface area contributed by atoms with Crippen LogP contribution in [0, 0.1) is 0 Å². The maximum atomic E-state index is 11.7. The molecule has 0 N–H and O–H groups in total. The molecule has 0 aromatic carbocycles. The zero-order valence-corrected chi connectivity index (χ0v) is 10.2. The Bertz CT molecular complexity index is 536.